The maximum absolute atomic E-state index is 13.4. The minimum atomic E-state index is -0.262. The molecule has 4 rings (SSSR count). The summed E-state index contributed by atoms with van der Waals surface area (Å²) in [4.78, 5) is 34.4. The van der Waals surface area contributed by atoms with Crippen LogP contribution in [-0.4, -0.2) is 39.7 Å². The summed E-state index contributed by atoms with van der Waals surface area (Å²) in [6, 6.07) is 10.8. The SMILES string of the molecule is CC1CC(C)CN(C2=C(c3ccc(Cl)cc3)C(=O)N(Cc3cccnc3)C2=O)C1. The molecular formula is C23H24ClN3O2. The van der Waals surface area contributed by atoms with Gasteiger partial charge in [0, 0.05) is 30.5 Å². The summed E-state index contributed by atoms with van der Waals surface area (Å²) in [5, 5.41) is 0.597. The quantitative estimate of drug-likeness (QED) is 0.716. The number of likely N-dealkylation sites (tertiary alicyclic amines) is 1. The van der Waals surface area contributed by atoms with Crippen LogP contribution in [0, 0.1) is 11.8 Å². The van der Waals surface area contributed by atoms with Crippen molar-refractivity contribution in [1.82, 2.24) is 14.8 Å². The molecule has 3 heterocycles. The number of hydrogen-bond acceptors (Lipinski definition) is 4. The van der Waals surface area contributed by atoms with Gasteiger partial charge in [-0.3, -0.25) is 19.5 Å². The predicted octanol–water partition coefficient (Wildman–Crippen LogP) is 3.99. The predicted molar refractivity (Wildman–Crippen MR) is 113 cm³/mol. The average Bonchev–Trinajstić information content (AvgIpc) is 2.93. The molecule has 0 aliphatic carbocycles. The Bertz CT molecular complexity index is 946. The van der Waals surface area contributed by atoms with E-state index in [-0.39, 0.29) is 18.4 Å². The molecule has 2 aliphatic heterocycles. The fraction of sp³-hybridized carbons (Fsp3) is 0.348. The van der Waals surface area contributed by atoms with Crippen LogP contribution in [0.15, 0.2) is 54.5 Å². The highest BCUT2D eigenvalue weighted by molar-refractivity contribution is 6.35. The maximum atomic E-state index is 13.4. The fourth-order valence-corrected chi connectivity index (χ4v) is 4.52. The van der Waals surface area contributed by atoms with Crippen LogP contribution >= 0.6 is 11.6 Å². The fourth-order valence-electron chi connectivity index (χ4n) is 4.40. The van der Waals surface area contributed by atoms with Crippen LogP contribution in [0.25, 0.3) is 5.57 Å². The molecule has 1 fully saturated rings. The molecule has 150 valence electrons. The summed E-state index contributed by atoms with van der Waals surface area (Å²) in [7, 11) is 0. The molecule has 0 bridgehead atoms. The number of amides is 2. The van der Waals surface area contributed by atoms with Crippen molar-refractivity contribution in [3.05, 3.63) is 70.6 Å². The molecule has 1 aromatic carbocycles. The molecule has 0 saturated carbocycles. The van der Waals surface area contributed by atoms with Gasteiger partial charge >= 0.3 is 0 Å². The summed E-state index contributed by atoms with van der Waals surface area (Å²) >= 11 is 6.05. The van der Waals surface area contributed by atoms with Crippen molar-refractivity contribution >= 4 is 29.0 Å². The van der Waals surface area contributed by atoms with Crippen LogP contribution < -0.4 is 0 Å². The van der Waals surface area contributed by atoms with Crippen molar-refractivity contribution in [3.63, 3.8) is 0 Å². The van der Waals surface area contributed by atoms with Gasteiger partial charge < -0.3 is 4.90 Å². The van der Waals surface area contributed by atoms with E-state index in [0.717, 1.165) is 30.6 Å². The smallest absolute Gasteiger partial charge is 0.278 e. The standard InChI is InChI=1S/C23H24ClN3O2/c1-15-10-16(2)13-26(12-15)21-20(18-5-7-19(24)8-6-18)22(28)27(23(21)29)14-17-4-3-9-25-11-17/h3-9,11,15-16H,10,12-14H2,1-2H3. The molecule has 29 heavy (non-hydrogen) atoms. The second-order valence-corrected chi connectivity index (χ2v) is 8.58. The van der Waals surface area contributed by atoms with Crippen molar-refractivity contribution in [1.29, 1.82) is 0 Å². The molecule has 2 amide bonds. The van der Waals surface area contributed by atoms with E-state index in [2.05, 4.69) is 23.7 Å². The van der Waals surface area contributed by atoms with E-state index in [0.29, 0.717) is 28.1 Å². The first kappa shape index (κ1) is 19.6. The number of rotatable bonds is 4. The lowest BCUT2D eigenvalue weighted by Crippen LogP contribution is -2.41. The van der Waals surface area contributed by atoms with Gasteiger partial charge in [0.25, 0.3) is 11.8 Å². The summed E-state index contributed by atoms with van der Waals surface area (Å²) in [6.07, 6.45) is 4.49. The lowest BCUT2D eigenvalue weighted by Gasteiger charge is -2.37. The normalized spacial score (nSPS) is 22.6. The highest BCUT2D eigenvalue weighted by Crippen LogP contribution is 2.36. The molecule has 5 nitrogen and oxygen atoms in total. The number of aromatic nitrogens is 1. The van der Waals surface area contributed by atoms with E-state index in [9.17, 15) is 9.59 Å². The summed E-state index contributed by atoms with van der Waals surface area (Å²) in [6.45, 7) is 6.15. The summed E-state index contributed by atoms with van der Waals surface area (Å²) in [5.74, 6) is 0.438. The van der Waals surface area contributed by atoms with Gasteiger partial charge in [0.15, 0.2) is 0 Å². The number of pyridine rings is 1. The average molecular weight is 410 g/mol. The van der Waals surface area contributed by atoms with E-state index in [4.69, 9.17) is 11.6 Å². The number of carbonyl (C=O) groups excluding carboxylic acids is 2. The molecule has 2 unspecified atom stereocenters. The first-order valence-corrected chi connectivity index (χ1v) is 10.3. The molecule has 2 aliphatic rings. The van der Waals surface area contributed by atoms with Gasteiger partial charge in [0.2, 0.25) is 0 Å². The van der Waals surface area contributed by atoms with Gasteiger partial charge in [0.05, 0.1) is 12.1 Å². The summed E-state index contributed by atoms with van der Waals surface area (Å²) < 4.78 is 0. The molecule has 1 aromatic heterocycles. The molecule has 0 N–H and O–H groups in total. The highest BCUT2D eigenvalue weighted by atomic mass is 35.5. The highest BCUT2D eigenvalue weighted by Gasteiger charge is 2.42. The Labute approximate surface area is 176 Å². The number of benzene rings is 1. The van der Waals surface area contributed by atoms with Crippen molar-refractivity contribution in [2.24, 2.45) is 11.8 Å². The number of carbonyl (C=O) groups is 2. The summed E-state index contributed by atoms with van der Waals surface area (Å²) in [5.41, 5.74) is 2.53. The van der Waals surface area contributed by atoms with Gasteiger partial charge in [-0.1, -0.05) is 43.6 Å². The van der Waals surface area contributed by atoms with Crippen LogP contribution in [0.4, 0.5) is 0 Å². The van der Waals surface area contributed by atoms with E-state index in [1.165, 1.54) is 4.90 Å². The number of hydrogen-bond donors (Lipinski definition) is 0. The van der Waals surface area contributed by atoms with E-state index < -0.39 is 0 Å². The Kier molecular flexibility index (Phi) is 5.41. The minimum absolute atomic E-state index is 0.213. The third-order valence-electron chi connectivity index (χ3n) is 5.53. The van der Waals surface area contributed by atoms with Crippen LogP contribution in [0.2, 0.25) is 5.02 Å². The lowest BCUT2D eigenvalue weighted by molar-refractivity contribution is -0.138. The van der Waals surface area contributed by atoms with E-state index >= 15 is 0 Å². The van der Waals surface area contributed by atoms with Crippen molar-refractivity contribution in [2.45, 2.75) is 26.8 Å². The Morgan fingerprint density at radius 3 is 2.34 bits per heavy atom. The molecule has 2 atom stereocenters. The Balaban J connectivity index is 1.75. The van der Waals surface area contributed by atoms with Gasteiger partial charge in [-0.05, 0) is 47.6 Å². The molecule has 0 spiro atoms. The van der Waals surface area contributed by atoms with Gasteiger partial charge in [-0.25, -0.2) is 0 Å². The van der Waals surface area contributed by atoms with Crippen LogP contribution in [-0.2, 0) is 16.1 Å². The molecule has 1 saturated heterocycles. The van der Waals surface area contributed by atoms with Gasteiger partial charge in [0.1, 0.15) is 5.70 Å². The molecule has 2 aromatic rings. The number of nitrogens with zero attached hydrogens (tertiary/aromatic N) is 3. The van der Waals surface area contributed by atoms with Crippen LogP contribution in [0.3, 0.4) is 0 Å². The molecule has 6 heteroatoms. The van der Waals surface area contributed by atoms with Crippen LogP contribution in [0.5, 0.6) is 0 Å². The second-order valence-electron chi connectivity index (χ2n) is 8.14. The van der Waals surface area contributed by atoms with Crippen molar-refractivity contribution < 1.29 is 9.59 Å². The zero-order chi connectivity index (χ0) is 20.5. The minimum Gasteiger partial charge on any atom is -0.366 e. The molecular weight excluding hydrogens is 386 g/mol. The first-order valence-electron chi connectivity index (χ1n) is 9.94. The van der Waals surface area contributed by atoms with Crippen molar-refractivity contribution in [2.75, 3.05) is 13.1 Å². The third kappa shape index (κ3) is 3.92. The first-order chi connectivity index (χ1) is 13.9. The largest absolute Gasteiger partial charge is 0.366 e. The molecule has 0 radical (unpaired) electrons. The van der Waals surface area contributed by atoms with Crippen molar-refractivity contribution in [3.8, 4) is 0 Å². The monoisotopic (exact) mass is 409 g/mol. The number of imide groups is 1. The number of halogens is 1. The zero-order valence-corrected chi connectivity index (χ0v) is 17.4. The zero-order valence-electron chi connectivity index (χ0n) is 16.6. The Morgan fingerprint density at radius 2 is 1.72 bits per heavy atom. The second kappa shape index (κ2) is 7.99. The Hall–Kier alpha value is -2.66. The lowest BCUT2D eigenvalue weighted by atomic mass is 9.91. The van der Waals surface area contributed by atoms with E-state index in [1.807, 2.05) is 24.3 Å². The topological polar surface area (TPSA) is 53.5 Å². The maximum Gasteiger partial charge on any atom is 0.278 e. The van der Waals surface area contributed by atoms with Crippen LogP contribution in [0.1, 0.15) is 31.4 Å². The van der Waals surface area contributed by atoms with Gasteiger partial charge in [-0.2, -0.15) is 0 Å². The Morgan fingerprint density at radius 1 is 1.03 bits per heavy atom. The third-order valence-corrected chi connectivity index (χ3v) is 5.78. The van der Waals surface area contributed by atoms with E-state index in [1.54, 1.807) is 24.5 Å². The number of piperidine rings is 1. The van der Waals surface area contributed by atoms with Gasteiger partial charge in [-0.15, -0.1) is 0 Å².